The summed E-state index contributed by atoms with van der Waals surface area (Å²) in [5, 5.41) is 11.5. The second-order valence-corrected chi connectivity index (χ2v) is 5.58. The Bertz CT molecular complexity index is 1030. The summed E-state index contributed by atoms with van der Waals surface area (Å²) in [5.74, 6) is 0.441. The van der Waals surface area contributed by atoms with Crippen molar-refractivity contribution in [2.75, 3.05) is 21.3 Å². The smallest absolute Gasteiger partial charge is 0.340 e. The highest BCUT2D eigenvalue weighted by Gasteiger charge is 2.19. The zero-order valence-corrected chi connectivity index (χ0v) is 14.9. The second-order valence-electron chi connectivity index (χ2n) is 5.58. The third-order valence-electron chi connectivity index (χ3n) is 4.08. The number of hydrogen-bond donors (Lipinski definition) is 0. The van der Waals surface area contributed by atoms with Crippen molar-refractivity contribution in [2.24, 2.45) is 0 Å². The molecule has 0 bridgehead atoms. The van der Waals surface area contributed by atoms with Gasteiger partial charge in [-0.3, -0.25) is 10.1 Å². The Balaban J connectivity index is 2.25. The van der Waals surface area contributed by atoms with Crippen LogP contribution in [0.25, 0.3) is 22.2 Å². The molecule has 0 saturated heterocycles. The van der Waals surface area contributed by atoms with Crippen LogP contribution in [-0.2, 0) is 4.74 Å². The van der Waals surface area contributed by atoms with Crippen molar-refractivity contribution < 1.29 is 23.9 Å². The van der Waals surface area contributed by atoms with E-state index in [1.54, 1.807) is 30.3 Å². The first kappa shape index (κ1) is 18.1. The van der Waals surface area contributed by atoms with Gasteiger partial charge < -0.3 is 14.2 Å². The molecule has 0 aliphatic rings. The summed E-state index contributed by atoms with van der Waals surface area (Å²) in [6.45, 7) is 0. The van der Waals surface area contributed by atoms with Gasteiger partial charge in [-0.25, -0.2) is 9.78 Å². The number of fused-ring (bicyclic) bond motifs is 1. The maximum absolute atomic E-state index is 12.3. The third kappa shape index (κ3) is 3.37. The lowest BCUT2D eigenvalue weighted by Crippen LogP contribution is -2.06. The Kier molecular flexibility index (Phi) is 4.89. The van der Waals surface area contributed by atoms with Crippen molar-refractivity contribution in [1.82, 2.24) is 4.98 Å². The molecule has 0 fully saturated rings. The van der Waals surface area contributed by atoms with Crippen LogP contribution in [0.2, 0.25) is 0 Å². The van der Waals surface area contributed by atoms with Gasteiger partial charge in [0, 0.05) is 29.1 Å². The van der Waals surface area contributed by atoms with E-state index < -0.39 is 10.9 Å². The first-order valence-electron chi connectivity index (χ1n) is 7.88. The Morgan fingerprint density at radius 3 is 2.19 bits per heavy atom. The van der Waals surface area contributed by atoms with Crippen LogP contribution in [0.1, 0.15) is 10.4 Å². The van der Waals surface area contributed by atoms with Crippen LogP contribution in [0, 0.1) is 10.1 Å². The number of benzene rings is 2. The van der Waals surface area contributed by atoms with Crippen LogP contribution in [-0.4, -0.2) is 37.2 Å². The highest BCUT2D eigenvalue weighted by Crippen LogP contribution is 2.34. The largest absolute Gasteiger partial charge is 0.493 e. The van der Waals surface area contributed by atoms with Gasteiger partial charge in [-0.1, -0.05) is 0 Å². The van der Waals surface area contributed by atoms with Crippen LogP contribution in [0.3, 0.4) is 0 Å². The van der Waals surface area contributed by atoms with Crippen LogP contribution >= 0.6 is 0 Å². The number of nitro benzene ring substituents is 1. The maximum Gasteiger partial charge on any atom is 0.340 e. The number of nitrogens with zero attached hydrogens (tertiary/aromatic N) is 2. The summed E-state index contributed by atoms with van der Waals surface area (Å²) in [5.41, 5.74) is 1.68. The number of ether oxygens (including phenoxy) is 3. The molecule has 138 valence electrons. The van der Waals surface area contributed by atoms with E-state index in [0.29, 0.717) is 33.7 Å². The van der Waals surface area contributed by atoms with Gasteiger partial charge >= 0.3 is 5.97 Å². The third-order valence-corrected chi connectivity index (χ3v) is 4.08. The average molecular weight is 368 g/mol. The summed E-state index contributed by atoms with van der Waals surface area (Å²) < 4.78 is 15.5. The highest BCUT2D eigenvalue weighted by atomic mass is 16.6. The Morgan fingerprint density at radius 2 is 1.63 bits per heavy atom. The molecule has 0 saturated carbocycles. The molecule has 3 aromatic rings. The van der Waals surface area contributed by atoms with E-state index in [2.05, 4.69) is 4.98 Å². The zero-order valence-electron chi connectivity index (χ0n) is 14.9. The molecular formula is C19H16N2O6. The molecule has 1 aromatic heterocycles. The lowest BCUT2D eigenvalue weighted by Gasteiger charge is -2.12. The van der Waals surface area contributed by atoms with Crippen molar-refractivity contribution in [3.63, 3.8) is 0 Å². The number of non-ortho nitro benzene ring substituents is 1. The molecule has 0 aliphatic heterocycles. The van der Waals surface area contributed by atoms with Crippen molar-refractivity contribution in [1.29, 1.82) is 0 Å². The Labute approximate surface area is 154 Å². The molecule has 0 amide bonds. The molecule has 0 N–H and O–H groups in total. The summed E-state index contributed by atoms with van der Waals surface area (Å²) in [4.78, 5) is 27.2. The van der Waals surface area contributed by atoms with E-state index in [9.17, 15) is 14.9 Å². The fourth-order valence-corrected chi connectivity index (χ4v) is 2.73. The lowest BCUT2D eigenvalue weighted by atomic mass is 10.0. The number of carbonyl (C=O) groups is 1. The van der Waals surface area contributed by atoms with Crippen molar-refractivity contribution >= 4 is 22.6 Å². The molecule has 0 atom stereocenters. The van der Waals surface area contributed by atoms with Crippen LogP contribution in [0.5, 0.6) is 11.5 Å². The minimum atomic E-state index is -0.562. The number of rotatable bonds is 5. The van der Waals surface area contributed by atoms with Crippen LogP contribution in [0.15, 0.2) is 42.5 Å². The number of methoxy groups -OCH3 is 3. The van der Waals surface area contributed by atoms with E-state index in [0.717, 1.165) is 0 Å². The lowest BCUT2D eigenvalue weighted by molar-refractivity contribution is -0.384. The summed E-state index contributed by atoms with van der Waals surface area (Å²) in [6, 6.07) is 10.9. The second kappa shape index (κ2) is 7.28. The van der Waals surface area contributed by atoms with Gasteiger partial charge in [-0.15, -0.1) is 0 Å². The molecule has 0 aliphatic carbocycles. The molecule has 0 radical (unpaired) electrons. The zero-order chi connectivity index (χ0) is 19.6. The summed E-state index contributed by atoms with van der Waals surface area (Å²) in [6.07, 6.45) is 0. The normalized spacial score (nSPS) is 10.5. The number of carbonyl (C=O) groups excluding carboxylic acids is 1. The molecule has 8 nitrogen and oxygen atoms in total. The monoisotopic (exact) mass is 368 g/mol. The summed E-state index contributed by atoms with van der Waals surface area (Å²) in [7, 11) is 4.31. The molecule has 0 spiro atoms. The predicted molar refractivity (Wildman–Crippen MR) is 98.3 cm³/mol. The fourth-order valence-electron chi connectivity index (χ4n) is 2.73. The molecule has 27 heavy (non-hydrogen) atoms. The summed E-state index contributed by atoms with van der Waals surface area (Å²) >= 11 is 0. The van der Waals surface area contributed by atoms with E-state index in [1.807, 2.05) is 0 Å². The predicted octanol–water partition coefficient (Wildman–Crippen LogP) is 3.61. The quantitative estimate of drug-likeness (QED) is 0.385. The Morgan fingerprint density at radius 1 is 1.00 bits per heavy atom. The average Bonchev–Trinajstić information content (AvgIpc) is 2.71. The van der Waals surface area contributed by atoms with Crippen molar-refractivity contribution in [3.05, 3.63) is 58.1 Å². The first-order chi connectivity index (χ1) is 13.0. The molecule has 2 aromatic carbocycles. The van der Waals surface area contributed by atoms with Gasteiger partial charge in [0.1, 0.15) is 0 Å². The van der Waals surface area contributed by atoms with Gasteiger partial charge in [-0.2, -0.15) is 0 Å². The van der Waals surface area contributed by atoms with Gasteiger partial charge in [-0.05, 0) is 24.3 Å². The van der Waals surface area contributed by atoms with Crippen molar-refractivity contribution in [3.8, 4) is 22.8 Å². The van der Waals surface area contributed by atoms with E-state index in [4.69, 9.17) is 14.2 Å². The topological polar surface area (TPSA) is 101 Å². The number of aromatic nitrogens is 1. The number of pyridine rings is 1. The van der Waals surface area contributed by atoms with E-state index in [-0.39, 0.29) is 11.3 Å². The van der Waals surface area contributed by atoms with Gasteiger partial charge in [0.2, 0.25) is 0 Å². The number of esters is 1. The van der Waals surface area contributed by atoms with Gasteiger partial charge in [0.15, 0.2) is 11.5 Å². The van der Waals surface area contributed by atoms with E-state index in [1.165, 1.54) is 33.5 Å². The molecule has 3 rings (SSSR count). The minimum absolute atomic E-state index is 0.0504. The highest BCUT2D eigenvalue weighted by molar-refractivity contribution is 6.01. The van der Waals surface area contributed by atoms with Gasteiger partial charge in [0.05, 0.1) is 43.0 Å². The number of nitro groups is 1. The number of hydrogen-bond acceptors (Lipinski definition) is 7. The van der Waals surface area contributed by atoms with Crippen LogP contribution < -0.4 is 9.47 Å². The standard InChI is InChI=1S/C19H16N2O6/c1-25-16-9-12-8-14(19(22)27-3)18(20-15(12)10-17(16)26-2)11-4-6-13(7-5-11)21(23)24/h4-10H,1-3H3. The molecular weight excluding hydrogens is 352 g/mol. The Hall–Kier alpha value is -3.68. The minimum Gasteiger partial charge on any atom is -0.493 e. The van der Waals surface area contributed by atoms with Crippen LogP contribution in [0.4, 0.5) is 5.69 Å². The molecule has 0 unspecified atom stereocenters. The first-order valence-corrected chi connectivity index (χ1v) is 7.88. The van der Waals surface area contributed by atoms with Gasteiger partial charge in [0.25, 0.3) is 5.69 Å². The molecule has 8 heteroatoms. The van der Waals surface area contributed by atoms with E-state index >= 15 is 0 Å². The SMILES string of the molecule is COC(=O)c1cc2cc(OC)c(OC)cc2nc1-c1ccc([N+](=O)[O-])cc1. The van der Waals surface area contributed by atoms with Crippen molar-refractivity contribution in [2.45, 2.75) is 0 Å². The maximum atomic E-state index is 12.3. The fraction of sp³-hybridized carbons (Fsp3) is 0.158. The molecule has 1 heterocycles.